The van der Waals surface area contributed by atoms with E-state index in [0.717, 1.165) is 27.7 Å². The highest BCUT2D eigenvalue weighted by Crippen LogP contribution is 2.30. The molecule has 1 aliphatic rings. The molecule has 7 heteroatoms. The minimum Gasteiger partial charge on any atom is -0.367 e. The number of anilines is 1. The molecule has 2 aromatic carbocycles. The van der Waals surface area contributed by atoms with Crippen molar-refractivity contribution in [1.82, 2.24) is 14.8 Å². The number of primary amides is 1. The van der Waals surface area contributed by atoms with Crippen LogP contribution in [0.25, 0.3) is 22.2 Å². The normalized spacial score (nSPS) is 17.0. The van der Waals surface area contributed by atoms with Crippen LogP contribution in [0.4, 0.5) is 5.95 Å². The largest absolute Gasteiger partial charge is 0.367 e. The van der Waals surface area contributed by atoms with Gasteiger partial charge in [-0.3, -0.25) is 9.36 Å². The van der Waals surface area contributed by atoms with Crippen LogP contribution in [0.5, 0.6) is 0 Å². The maximum Gasteiger partial charge on any atom is 0.248 e. The number of benzene rings is 2. The van der Waals surface area contributed by atoms with E-state index < -0.39 is 12.0 Å². The minimum atomic E-state index is -0.648. The van der Waals surface area contributed by atoms with Gasteiger partial charge in [0.1, 0.15) is 0 Å². The molecule has 0 spiro atoms. The summed E-state index contributed by atoms with van der Waals surface area (Å²) >= 11 is 0. The fourth-order valence-corrected chi connectivity index (χ4v) is 3.57. The van der Waals surface area contributed by atoms with E-state index in [0.29, 0.717) is 32.2 Å². The molecular weight excluding hydrogens is 354 g/mol. The van der Waals surface area contributed by atoms with Crippen LogP contribution in [0.1, 0.15) is 6.92 Å². The number of carbonyl (C=O) groups excluding carboxylic acids is 1. The zero-order valence-electron chi connectivity index (χ0n) is 15.8. The predicted molar refractivity (Wildman–Crippen MR) is 109 cm³/mol. The molecule has 3 aromatic rings. The minimum absolute atomic E-state index is 0.360. The molecule has 2 heterocycles. The molecule has 1 amide bonds. The van der Waals surface area contributed by atoms with Crippen molar-refractivity contribution in [3.8, 4) is 11.4 Å². The van der Waals surface area contributed by atoms with Gasteiger partial charge in [0.2, 0.25) is 11.9 Å². The zero-order chi connectivity index (χ0) is 19.7. The Kier molecular flexibility index (Phi) is 4.83. The number of amides is 1. The summed E-state index contributed by atoms with van der Waals surface area (Å²) in [5.41, 5.74) is 7.44. The molecule has 1 atom stereocenters. The molecule has 0 bridgehead atoms. The van der Waals surface area contributed by atoms with Gasteiger partial charge in [0.05, 0.1) is 13.2 Å². The number of carbonyl (C=O) groups is 1. The highest BCUT2D eigenvalue weighted by atomic mass is 16.5. The number of fused-ring (bicyclic) bond motifs is 1. The summed E-state index contributed by atoms with van der Waals surface area (Å²) in [6, 6.07) is 14.4. The molecule has 7 nitrogen and oxygen atoms in total. The lowest BCUT2D eigenvalue weighted by molar-refractivity contribution is -0.130. The van der Waals surface area contributed by atoms with Crippen LogP contribution in [-0.2, 0) is 16.1 Å². The van der Waals surface area contributed by atoms with E-state index in [-0.39, 0.29) is 0 Å². The van der Waals surface area contributed by atoms with Crippen molar-refractivity contribution in [2.75, 3.05) is 24.6 Å². The molecular formula is C21H23N5O2. The van der Waals surface area contributed by atoms with Crippen LogP contribution in [0.2, 0.25) is 0 Å². The number of morpholine rings is 1. The van der Waals surface area contributed by atoms with Crippen LogP contribution in [0.3, 0.4) is 0 Å². The zero-order valence-corrected chi connectivity index (χ0v) is 15.8. The number of nitrogens with zero attached hydrogens (tertiary/aromatic N) is 4. The summed E-state index contributed by atoms with van der Waals surface area (Å²) in [4.78, 5) is 13.6. The standard InChI is InChI=1S/C21H23N5O2/c1-14(2)12-26-20(17-9-5-7-15-6-3-4-8-16(15)17)23-24-21(26)25-10-11-28-18(13-25)19(22)27/h3-9,18H,1,10-13H2,2H3,(H2,22,27)/t18-/m0/s1. The summed E-state index contributed by atoms with van der Waals surface area (Å²) in [5, 5.41) is 11.2. The second kappa shape index (κ2) is 7.44. The molecule has 144 valence electrons. The molecule has 28 heavy (non-hydrogen) atoms. The Morgan fingerprint density at radius 2 is 2.04 bits per heavy atom. The van der Waals surface area contributed by atoms with Gasteiger partial charge in [-0.2, -0.15) is 0 Å². The van der Waals surface area contributed by atoms with E-state index in [2.05, 4.69) is 41.0 Å². The Morgan fingerprint density at radius 3 is 2.82 bits per heavy atom. The second-order valence-electron chi connectivity index (χ2n) is 7.10. The lowest BCUT2D eigenvalue weighted by Crippen LogP contribution is -2.49. The molecule has 2 N–H and O–H groups in total. The molecule has 0 unspecified atom stereocenters. The quantitative estimate of drug-likeness (QED) is 0.690. The smallest absolute Gasteiger partial charge is 0.248 e. The SMILES string of the molecule is C=C(C)Cn1c(-c2cccc3ccccc23)nnc1N1CCO[C@H](C(N)=O)C1. The lowest BCUT2D eigenvalue weighted by Gasteiger charge is -2.32. The van der Waals surface area contributed by atoms with Crippen LogP contribution in [0, 0.1) is 0 Å². The topological polar surface area (TPSA) is 86.3 Å². The summed E-state index contributed by atoms with van der Waals surface area (Å²) in [5.74, 6) is 1.00. The molecule has 1 aliphatic heterocycles. The maximum atomic E-state index is 11.6. The third-order valence-corrected chi connectivity index (χ3v) is 4.86. The van der Waals surface area contributed by atoms with E-state index in [1.54, 1.807) is 0 Å². The van der Waals surface area contributed by atoms with E-state index in [1.165, 1.54) is 0 Å². The number of aromatic nitrogens is 3. The first-order chi connectivity index (χ1) is 13.5. The summed E-state index contributed by atoms with van der Waals surface area (Å²) in [6.45, 7) is 8.01. The first-order valence-electron chi connectivity index (χ1n) is 9.26. The van der Waals surface area contributed by atoms with Gasteiger partial charge in [-0.05, 0) is 17.7 Å². The second-order valence-corrected chi connectivity index (χ2v) is 7.10. The first-order valence-corrected chi connectivity index (χ1v) is 9.26. The van der Waals surface area contributed by atoms with E-state index in [4.69, 9.17) is 10.5 Å². The van der Waals surface area contributed by atoms with Gasteiger partial charge in [-0.15, -0.1) is 10.2 Å². The van der Waals surface area contributed by atoms with Crippen LogP contribution >= 0.6 is 0 Å². The number of hydrogen-bond donors (Lipinski definition) is 1. The van der Waals surface area contributed by atoms with Crippen molar-refractivity contribution < 1.29 is 9.53 Å². The fraction of sp³-hybridized carbons (Fsp3) is 0.286. The van der Waals surface area contributed by atoms with Crippen molar-refractivity contribution in [1.29, 1.82) is 0 Å². The molecule has 1 aromatic heterocycles. The Morgan fingerprint density at radius 1 is 1.25 bits per heavy atom. The monoisotopic (exact) mass is 377 g/mol. The van der Waals surface area contributed by atoms with E-state index >= 15 is 0 Å². The Labute approximate surface area is 163 Å². The van der Waals surface area contributed by atoms with E-state index in [9.17, 15) is 4.79 Å². The van der Waals surface area contributed by atoms with Crippen molar-refractivity contribution >= 4 is 22.6 Å². The molecule has 4 rings (SSSR count). The summed E-state index contributed by atoms with van der Waals surface area (Å²) in [6.07, 6.45) is -0.648. The third kappa shape index (κ3) is 3.36. The first kappa shape index (κ1) is 18.2. The summed E-state index contributed by atoms with van der Waals surface area (Å²) in [7, 11) is 0. The fourth-order valence-electron chi connectivity index (χ4n) is 3.57. The average molecular weight is 377 g/mol. The molecule has 0 aliphatic carbocycles. The summed E-state index contributed by atoms with van der Waals surface area (Å²) < 4.78 is 7.52. The molecule has 0 saturated carbocycles. The van der Waals surface area contributed by atoms with Crippen molar-refractivity contribution in [3.63, 3.8) is 0 Å². The number of allylic oxidation sites excluding steroid dienone is 1. The number of nitrogens with two attached hydrogens (primary N) is 1. The van der Waals surface area contributed by atoms with Crippen LogP contribution in [0.15, 0.2) is 54.6 Å². The number of hydrogen-bond acceptors (Lipinski definition) is 5. The predicted octanol–water partition coefficient (Wildman–Crippen LogP) is 2.36. The Bertz CT molecular complexity index is 1040. The molecule has 1 saturated heterocycles. The average Bonchev–Trinajstić information content (AvgIpc) is 3.10. The lowest BCUT2D eigenvalue weighted by atomic mass is 10.0. The van der Waals surface area contributed by atoms with Gasteiger partial charge in [-0.25, -0.2) is 0 Å². The molecule has 0 radical (unpaired) electrons. The van der Waals surface area contributed by atoms with Crippen LogP contribution < -0.4 is 10.6 Å². The molecule has 1 fully saturated rings. The Hall–Kier alpha value is -3.19. The van der Waals surface area contributed by atoms with Gasteiger partial charge in [0, 0.05) is 18.7 Å². The van der Waals surface area contributed by atoms with Gasteiger partial charge >= 0.3 is 0 Å². The van der Waals surface area contributed by atoms with Gasteiger partial charge in [0.15, 0.2) is 11.9 Å². The van der Waals surface area contributed by atoms with Gasteiger partial charge < -0.3 is 15.4 Å². The van der Waals surface area contributed by atoms with Crippen LogP contribution in [-0.4, -0.2) is 46.5 Å². The maximum absolute atomic E-state index is 11.6. The van der Waals surface area contributed by atoms with Gasteiger partial charge in [0.25, 0.3) is 0 Å². The number of rotatable bonds is 5. The highest BCUT2D eigenvalue weighted by Gasteiger charge is 2.29. The third-order valence-electron chi connectivity index (χ3n) is 4.86. The van der Waals surface area contributed by atoms with Crippen molar-refractivity contribution in [3.05, 3.63) is 54.6 Å². The highest BCUT2D eigenvalue weighted by molar-refractivity contribution is 5.95. The van der Waals surface area contributed by atoms with E-state index in [1.807, 2.05) is 34.6 Å². The van der Waals surface area contributed by atoms with Gasteiger partial charge in [-0.1, -0.05) is 54.6 Å². The Balaban J connectivity index is 1.81. The van der Waals surface area contributed by atoms with Crippen molar-refractivity contribution in [2.24, 2.45) is 5.73 Å². The number of ether oxygens (including phenoxy) is 1. The van der Waals surface area contributed by atoms with Crippen molar-refractivity contribution in [2.45, 2.75) is 19.6 Å².